The molecule has 82 valence electrons. The van der Waals surface area contributed by atoms with Crippen molar-refractivity contribution in [2.45, 2.75) is 0 Å². The average molecular weight is 260 g/mol. The molecule has 2 rings (SSSR count). The zero-order chi connectivity index (χ0) is 11.7. The second kappa shape index (κ2) is 4.36. The van der Waals surface area contributed by atoms with E-state index in [9.17, 15) is 8.78 Å². The summed E-state index contributed by atoms with van der Waals surface area (Å²) in [5, 5.41) is 0.163. The third-order valence-corrected chi connectivity index (χ3v) is 2.85. The van der Waals surface area contributed by atoms with Crippen molar-refractivity contribution < 1.29 is 8.78 Å². The lowest BCUT2D eigenvalue weighted by atomic mass is 10.1. The minimum Gasteiger partial charge on any atom is -0.243 e. The van der Waals surface area contributed by atoms with Gasteiger partial charge in [0.05, 0.1) is 5.02 Å². The van der Waals surface area contributed by atoms with Crippen LogP contribution in [0.3, 0.4) is 0 Å². The predicted molar refractivity (Wildman–Crippen MR) is 59.6 cm³/mol. The van der Waals surface area contributed by atoms with Crippen LogP contribution in [0.15, 0.2) is 30.5 Å². The van der Waals surface area contributed by atoms with Crippen LogP contribution < -0.4 is 0 Å². The Bertz CT molecular complexity index is 494. The van der Waals surface area contributed by atoms with Crippen molar-refractivity contribution in [1.82, 2.24) is 4.98 Å². The molecule has 1 nitrogen and oxygen atoms in total. The molecule has 0 bridgehead atoms. The van der Waals surface area contributed by atoms with Crippen molar-refractivity contribution in [2.24, 2.45) is 0 Å². The van der Waals surface area contributed by atoms with Crippen molar-refractivity contribution in [3.63, 3.8) is 0 Å². The Kier molecular flexibility index (Phi) is 3.08. The summed E-state index contributed by atoms with van der Waals surface area (Å²) in [7, 11) is 0. The summed E-state index contributed by atoms with van der Waals surface area (Å²) in [6, 6.07) is 5.34. The third-order valence-electron chi connectivity index (χ3n) is 2.09. The lowest BCUT2D eigenvalue weighted by molar-refractivity contribution is 0.511. The fraction of sp³-hybridized carbons (Fsp3) is 0. The number of pyridine rings is 1. The Morgan fingerprint density at radius 1 is 1.00 bits per heavy atom. The predicted octanol–water partition coefficient (Wildman–Crippen LogP) is 4.33. The molecule has 1 heterocycles. The summed E-state index contributed by atoms with van der Waals surface area (Å²) in [4.78, 5) is 3.73. The summed E-state index contributed by atoms with van der Waals surface area (Å²) in [5.41, 5.74) is 0.382. The van der Waals surface area contributed by atoms with E-state index >= 15 is 0 Å². The lowest BCUT2D eigenvalue weighted by Gasteiger charge is -2.06. The number of hydrogen-bond acceptors (Lipinski definition) is 1. The summed E-state index contributed by atoms with van der Waals surface area (Å²) in [5.74, 6) is -1.88. The maximum absolute atomic E-state index is 13.5. The minimum atomic E-state index is -0.952. The van der Waals surface area contributed by atoms with Gasteiger partial charge in [0.25, 0.3) is 0 Å². The van der Waals surface area contributed by atoms with E-state index in [4.69, 9.17) is 23.2 Å². The van der Waals surface area contributed by atoms with Crippen LogP contribution in [0.25, 0.3) is 11.1 Å². The Morgan fingerprint density at radius 2 is 1.75 bits per heavy atom. The van der Waals surface area contributed by atoms with Crippen LogP contribution in [-0.4, -0.2) is 4.98 Å². The van der Waals surface area contributed by atoms with E-state index in [1.807, 2.05) is 0 Å². The van der Waals surface area contributed by atoms with Crippen molar-refractivity contribution in [3.05, 3.63) is 52.3 Å². The first-order valence-corrected chi connectivity index (χ1v) is 5.11. The highest BCUT2D eigenvalue weighted by atomic mass is 35.5. The Hall–Kier alpha value is -1.19. The van der Waals surface area contributed by atoms with Gasteiger partial charge in [-0.3, -0.25) is 0 Å². The van der Waals surface area contributed by atoms with Gasteiger partial charge in [0, 0.05) is 17.3 Å². The zero-order valence-corrected chi connectivity index (χ0v) is 9.36. The smallest absolute Gasteiger partial charge is 0.166 e. The topological polar surface area (TPSA) is 12.9 Å². The fourth-order valence-corrected chi connectivity index (χ4v) is 1.71. The molecule has 1 aromatic carbocycles. The van der Waals surface area contributed by atoms with Crippen LogP contribution in [-0.2, 0) is 0 Å². The average Bonchev–Trinajstić information content (AvgIpc) is 2.27. The summed E-state index contributed by atoms with van der Waals surface area (Å²) >= 11 is 11.6. The van der Waals surface area contributed by atoms with Gasteiger partial charge in [0.2, 0.25) is 0 Å². The van der Waals surface area contributed by atoms with E-state index in [0.717, 1.165) is 6.07 Å². The second-order valence-electron chi connectivity index (χ2n) is 3.06. The fourth-order valence-electron chi connectivity index (χ4n) is 1.34. The lowest BCUT2D eigenvalue weighted by Crippen LogP contribution is -1.91. The standard InChI is InChI=1S/C11H5Cl2F2N/c12-9-6(4-5-16-11(9)13)7-2-1-3-8(14)10(7)15/h1-5H. The van der Waals surface area contributed by atoms with E-state index in [0.29, 0.717) is 5.56 Å². The zero-order valence-electron chi connectivity index (χ0n) is 7.85. The van der Waals surface area contributed by atoms with Crippen LogP contribution in [0.5, 0.6) is 0 Å². The first kappa shape index (κ1) is 11.3. The van der Waals surface area contributed by atoms with Gasteiger partial charge < -0.3 is 0 Å². The van der Waals surface area contributed by atoms with Gasteiger partial charge in [-0.1, -0.05) is 35.3 Å². The van der Waals surface area contributed by atoms with Crippen molar-refractivity contribution in [2.75, 3.05) is 0 Å². The maximum atomic E-state index is 13.5. The van der Waals surface area contributed by atoms with E-state index in [1.54, 1.807) is 0 Å². The molecule has 0 saturated carbocycles. The number of hydrogen-bond donors (Lipinski definition) is 0. The molecule has 0 amide bonds. The molecular formula is C11H5Cl2F2N. The Labute approximate surface area is 101 Å². The summed E-state index contributed by atoms with van der Waals surface area (Å²) in [6.45, 7) is 0. The highest BCUT2D eigenvalue weighted by Crippen LogP contribution is 2.33. The highest BCUT2D eigenvalue weighted by Gasteiger charge is 2.14. The molecular weight excluding hydrogens is 255 g/mol. The number of rotatable bonds is 1. The molecule has 0 aliphatic rings. The summed E-state index contributed by atoms with van der Waals surface area (Å²) in [6.07, 6.45) is 1.38. The number of halogens is 4. The number of nitrogens with zero attached hydrogens (tertiary/aromatic N) is 1. The first-order valence-electron chi connectivity index (χ1n) is 4.35. The van der Waals surface area contributed by atoms with Gasteiger partial charge in [0.15, 0.2) is 11.6 Å². The third kappa shape index (κ3) is 1.88. The van der Waals surface area contributed by atoms with E-state index in [1.165, 1.54) is 24.4 Å². The van der Waals surface area contributed by atoms with Crippen molar-refractivity contribution in [3.8, 4) is 11.1 Å². The van der Waals surface area contributed by atoms with Gasteiger partial charge in [-0.25, -0.2) is 13.8 Å². The summed E-state index contributed by atoms with van der Waals surface area (Å²) < 4.78 is 26.5. The molecule has 0 unspecified atom stereocenters. The molecule has 1 aromatic heterocycles. The highest BCUT2D eigenvalue weighted by molar-refractivity contribution is 6.42. The van der Waals surface area contributed by atoms with Gasteiger partial charge in [-0.2, -0.15) is 0 Å². The van der Waals surface area contributed by atoms with Gasteiger partial charge in [-0.05, 0) is 12.1 Å². The van der Waals surface area contributed by atoms with Crippen molar-refractivity contribution in [1.29, 1.82) is 0 Å². The SMILES string of the molecule is Fc1cccc(-c2ccnc(Cl)c2Cl)c1F. The monoisotopic (exact) mass is 259 g/mol. The van der Waals surface area contributed by atoms with Crippen LogP contribution in [0.1, 0.15) is 0 Å². The second-order valence-corrected chi connectivity index (χ2v) is 3.80. The van der Waals surface area contributed by atoms with Crippen molar-refractivity contribution >= 4 is 23.2 Å². The van der Waals surface area contributed by atoms with E-state index < -0.39 is 11.6 Å². The largest absolute Gasteiger partial charge is 0.243 e. The molecule has 5 heteroatoms. The molecule has 0 radical (unpaired) electrons. The molecule has 0 fully saturated rings. The molecule has 16 heavy (non-hydrogen) atoms. The first-order chi connectivity index (χ1) is 7.61. The molecule has 0 saturated heterocycles. The van der Waals surface area contributed by atoms with Crippen LogP contribution >= 0.6 is 23.2 Å². The Balaban J connectivity index is 2.68. The van der Waals surface area contributed by atoms with Gasteiger partial charge in [0.1, 0.15) is 5.15 Å². The quantitative estimate of drug-likeness (QED) is 0.695. The van der Waals surface area contributed by atoms with Crippen LogP contribution in [0.2, 0.25) is 10.2 Å². The molecule has 0 N–H and O–H groups in total. The van der Waals surface area contributed by atoms with Gasteiger partial charge in [-0.15, -0.1) is 0 Å². The molecule has 2 aromatic rings. The number of aromatic nitrogens is 1. The minimum absolute atomic E-state index is 0.0582. The molecule has 0 spiro atoms. The molecule has 0 atom stereocenters. The van der Waals surface area contributed by atoms with E-state index in [2.05, 4.69) is 4.98 Å². The Morgan fingerprint density at radius 3 is 2.50 bits per heavy atom. The van der Waals surface area contributed by atoms with E-state index in [-0.39, 0.29) is 15.7 Å². The van der Waals surface area contributed by atoms with Gasteiger partial charge >= 0.3 is 0 Å². The molecule has 0 aliphatic carbocycles. The normalized spacial score (nSPS) is 10.5. The van der Waals surface area contributed by atoms with Crippen LogP contribution in [0, 0.1) is 11.6 Å². The van der Waals surface area contributed by atoms with Crippen LogP contribution in [0.4, 0.5) is 8.78 Å². The number of benzene rings is 1. The molecule has 0 aliphatic heterocycles. The maximum Gasteiger partial charge on any atom is 0.166 e.